The minimum atomic E-state index is -0.763. The van der Waals surface area contributed by atoms with E-state index in [0.29, 0.717) is 81.6 Å². The highest BCUT2D eigenvalue weighted by molar-refractivity contribution is 5.74. The average molecular weight is 512 g/mol. The first-order valence-electron chi connectivity index (χ1n) is 12.6. The SMILES string of the molecule is CCOC(=O)OC1=C(C)Nc2nc(N3CCOCC3)nc(N3CCOCC3)c2C1c1ccccc1OC. The highest BCUT2D eigenvalue weighted by Gasteiger charge is 2.39. The third-order valence-corrected chi connectivity index (χ3v) is 6.65. The van der Waals surface area contributed by atoms with Gasteiger partial charge in [0.15, 0.2) is 0 Å². The Bertz CT molecular complexity index is 1160. The van der Waals surface area contributed by atoms with Crippen molar-refractivity contribution >= 4 is 23.7 Å². The number of hydrogen-bond acceptors (Lipinski definition) is 11. The number of carbonyl (C=O) groups is 1. The molecule has 2 aromatic rings. The average Bonchev–Trinajstić information content (AvgIpc) is 2.94. The standard InChI is InChI=1S/C26H33N5O6/c1-4-36-26(32)37-22-17(2)27-23-21(20(22)18-7-5-6-8-19(18)33-3)24(30-9-13-34-14-10-30)29-25(28-23)31-11-15-35-16-12-31/h5-8,20H,4,9-16H2,1-3H3,(H,27,28,29). The molecule has 1 aromatic heterocycles. The molecule has 2 fully saturated rings. The van der Waals surface area contributed by atoms with Crippen molar-refractivity contribution in [3.8, 4) is 5.75 Å². The zero-order valence-corrected chi connectivity index (χ0v) is 21.5. The highest BCUT2D eigenvalue weighted by Crippen LogP contribution is 2.48. The van der Waals surface area contributed by atoms with Gasteiger partial charge in [-0.3, -0.25) is 0 Å². The fourth-order valence-electron chi connectivity index (χ4n) is 4.89. The number of nitrogens with one attached hydrogen (secondary N) is 1. The van der Waals surface area contributed by atoms with Crippen LogP contribution in [0.3, 0.4) is 0 Å². The number of methoxy groups -OCH3 is 1. The van der Waals surface area contributed by atoms with Gasteiger partial charge in [0.1, 0.15) is 23.1 Å². The van der Waals surface area contributed by atoms with Crippen molar-refractivity contribution in [1.82, 2.24) is 9.97 Å². The second kappa shape index (κ2) is 11.2. The molecule has 0 spiro atoms. The molecule has 1 unspecified atom stereocenters. The van der Waals surface area contributed by atoms with Gasteiger partial charge in [0.05, 0.1) is 57.3 Å². The Hall–Kier alpha value is -3.57. The smallest absolute Gasteiger partial charge is 0.496 e. The first kappa shape index (κ1) is 25.1. The van der Waals surface area contributed by atoms with Gasteiger partial charge < -0.3 is 38.8 Å². The van der Waals surface area contributed by atoms with Gasteiger partial charge in [-0.15, -0.1) is 0 Å². The number of benzene rings is 1. The minimum Gasteiger partial charge on any atom is -0.496 e. The number of allylic oxidation sites excluding steroid dienone is 2. The van der Waals surface area contributed by atoms with Crippen molar-refractivity contribution in [2.75, 3.05) is 81.4 Å². The summed E-state index contributed by atoms with van der Waals surface area (Å²) in [5.41, 5.74) is 2.31. The Kier molecular flexibility index (Phi) is 7.61. The molecule has 2 saturated heterocycles. The van der Waals surface area contributed by atoms with E-state index in [2.05, 4.69) is 15.1 Å². The number of morpholine rings is 2. The quantitative estimate of drug-likeness (QED) is 0.578. The Labute approximate surface area is 216 Å². The molecule has 0 saturated carbocycles. The largest absolute Gasteiger partial charge is 0.513 e. The summed E-state index contributed by atoms with van der Waals surface area (Å²) >= 11 is 0. The Balaban J connectivity index is 1.70. The van der Waals surface area contributed by atoms with Crippen LogP contribution in [0.4, 0.5) is 22.4 Å². The zero-order valence-electron chi connectivity index (χ0n) is 21.5. The summed E-state index contributed by atoms with van der Waals surface area (Å²) in [4.78, 5) is 26.9. The number of nitrogens with zero attached hydrogens (tertiary/aromatic N) is 4. The molecule has 11 nitrogen and oxygen atoms in total. The van der Waals surface area contributed by atoms with Gasteiger partial charge in [-0.2, -0.15) is 9.97 Å². The monoisotopic (exact) mass is 511 g/mol. The maximum Gasteiger partial charge on any atom is 0.513 e. The van der Waals surface area contributed by atoms with Gasteiger partial charge in [0.2, 0.25) is 5.95 Å². The molecule has 1 atom stereocenters. The van der Waals surface area contributed by atoms with Gasteiger partial charge in [-0.1, -0.05) is 18.2 Å². The van der Waals surface area contributed by atoms with Crippen molar-refractivity contribution in [1.29, 1.82) is 0 Å². The highest BCUT2D eigenvalue weighted by atomic mass is 16.7. The van der Waals surface area contributed by atoms with Crippen molar-refractivity contribution in [3.05, 3.63) is 46.8 Å². The van der Waals surface area contributed by atoms with E-state index in [1.54, 1.807) is 14.0 Å². The lowest BCUT2D eigenvalue weighted by Gasteiger charge is -2.37. The number of fused-ring (bicyclic) bond motifs is 1. The number of ether oxygens (including phenoxy) is 5. The first-order valence-corrected chi connectivity index (χ1v) is 12.6. The molecular weight excluding hydrogens is 478 g/mol. The van der Waals surface area contributed by atoms with Gasteiger partial charge in [-0.05, 0) is 19.9 Å². The molecular formula is C26H33N5O6. The van der Waals surface area contributed by atoms with E-state index < -0.39 is 12.1 Å². The molecule has 11 heteroatoms. The van der Waals surface area contributed by atoms with Crippen LogP contribution in [0, 0.1) is 0 Å². The lowest BCUT2D eigenvalue weighted by Crippen LogP contribution is -2.41. The number of hydrogen-bond donors (Lipinski definition) is 1. The molecule has 0 radical (unpaired) electrons. The lowest BCUT2D eigenvalue weighted by molar-refractivity contribution is 0.0776. The van der Waals surface area contributed by atoms with Crippen molar-refractivity contribution < 1.29 is 28.5 Å². The predicted octanol–water partition coefficient (Wildman–Crippen LogP) is 3.12. The fraction of sp³-hybridized carbons (Fsp3) is 0.500. The van der Waals surface area contributed by atoms with E-state index in [0.717, 1.165) is 16.9 Å². The second-order valence-corrected chi connectivity index (χ2v) is 8.88. The molecule has 1 aromatic carbocycles. The summed E-state index contributed by atoms with van der Waals surface area (Å²) in [5.74, 6) is 2.67. The molecule has 0 aliphatic carbocycles. The van der Waals surface area contributed by atoms with Gasteiger partial charge in [-0.25, -0.2) is 4.79 Å². The van der Waals surface area contributed by atoms with Gasteiger partial charge in [0.25, 0.3) is 0 Å². The molecule has 3 aliphatic heterocycles. The van der Waals surface area contributed by atoms with Crippen LogP contribution < -0.4 is 19.9 Å². The summed E-state index contributed by atoms with van der Waals surface area (Å²) in [5, 5.41) is 3.39. The van der Waals surface area contributed by atoms with Crippen LogP contribution in [0.1, 0.15) is 30.9 Å². The Morgan fingerprint density at radius 2 is 1.73 bits per heavy atom. The molecule has 198 valence electrons. The van der Waals surface area contributed by atoms with Gasteiger partial charge >= 0.3 is 6.16 Å². The number of para-hydroxylation sites is 1. The van der Waals surface area contributed by atoms with E-state index in [1.165, 1.54) is 0 Å². The van der Waals surface area contributed by atoms with Crippen LogP contribution in [-0.4, -0.2) is 82.4 Å². The second-order valence-electron chi connectivity index (χ2n) is 8.88. The lowest BCUT2D eigenvalue weighted by atomic mass is 9.86. The number of rotatable bonds is 6. The molecule has 37 heavy (non-hydrogen) atoms. The number of anilines is 3. The predicted molar refractivity (Wildman–Crippen MR) is 137 cm³/mol. The summed E-state index contributed by atoms with van der Waals surface area (Å²) < 4.78 is 27.9. The normalized spacial score (nSPS) is 19.7. The third kappa shape index (κ3) is 5.14. The number of carbonyl (C=O) groups excluding carboxylic acids is 1. The van der Waals surface area contributed by atoms with E-state index in [1.807, 2.05) is 31.2 Å². The maximum atomic E-state index is 12.5. The van der Waals surface area contributed by atoms with Gasteiger partial charge in [0, 0.05) is 31.7 Å². The topological polar surface area (TPSA) is 108 Å². The Morgan fingerprint density at radius 1 is 1.05 bits per heavy atom. The summed E-state index contributed by atoms with van der Waals surface area (Å²) in [6.07, 6.45) is -0.763. The summed E-state index contributed by atoms with van der Waals surface area (Å²) in [7, 11) is 1.63. The van der Waals surface area contributed by atoms with Crippen molar-refractivity contribution in [2.45, 2.75) is 19.8 Å². The van der Waals surface area contributed by atoms with E-state index in [9.17, 15) is 4.79 Å². The van der Waals surface area contributed by atoms with Crippen molar-refractivity contribution in [2.24, 2.45) is 0 Å². The van der Waals surface area contributed by atoms with E-state index in [4.69, 9.17) is 33.7 Å². The summed E-state index contributed by atoms with van der Waals surface area (Å²) in [6.45, 7) is 9.05. The maximum absolute atomic E-state index is 12.5. The van der Waals surface area contributed by atoms with Crippen LogP contribution >= 0.6 is 0 Å². The molecule has 3 aliphatic rings. The molecule has 4 heterocycles. The molecule has 1 N–H and O–H groups in total. The fourth-order valence-corrected chi connectivity index (χ4v) is 4.89. The number of aromatic nitrogens is 2. The van der Waals surface area contributed by atoms with Crippen LogP contribution in [0.2, 0.25) is 0 Å². The van der Waals surface area contributed by atoms with Crippen molar-refractivity contribution in [3.63, 3.8) is 0 Å². The third-order valence-electron chi connectivity index (χ3n) is 6.65. The van der Waals surface area contributed by atoms with Crippen LogP contribution in [0.15, 0.2) is 35.7 Å². The first-order chi connectivity index (χ1) is 18.1. The van der Waals surface area contributed by atoms with Crippen LogP contribution in [0.5, 0.6) is 5.75 Å². The Morgan fingerprint density at radius 3 is 2.41 bits per heavy atom. The molecule has 0 bridgehead atoms. The van der Waals surface area contributed by atoms with E-state index in [-0.39, 0.29) is 6.61 Å². The van der Waals surface area contributed by atoms with E-state index >= 15 is 0 Å². The molecule has 0 amide bonds. The van der Waals surface area contributed by atoms with Crippen LogP contribution in [0.25, 0.3) is 0 Å². The van der Waals surface area contributed by atoms with Crippen LogP contribution in [-0.2, 0) is 18.9 Å². The minimum absolute atomic E-state index is 0.208. The molecule has 5 rings (SSSR count). The summed E-state index contributed by atoms with van der Waals surface area (Å²) in [6, 6.07) is 7.72. The zero-order chi connectivity index (χ0) is 25.8.